The summed E-state index contributed by atoms with van der Waals surface area (Å²) in [6.07, 6.45) is 2.56. The second kappa shape index (κ2) is 6.74. The average molecular weight is 293 g/mol. The summed E-state index contributed by atoms with van der Waals surface area (Å²) in [5, 5.41) is 2.52. The molecule has 1 amide bonds. The van der Waals surface area contributed by atoms with Crippen molar-refractivity contribution in [3.8, 4) is 6.01 Å². The number of nitrogens with one attached hydrogen (secondary N) is 1. The van der Waals surface area contributed by atoms with Crippen LogP contribution in [0, 0.1) is 11.6 Å². The lowest BCUT2D eigenvalue weighted by molar-refractivity contribution is -0.115. The molecule has 7 heteroatoms. The second-order valence-electron chi connectivity index (χ2n) is 4.15. The van der Waals surface area contributed by atoms with Crippen LogP contribution in [0.3, 0.4) is 0 Å². The molecule has 0 fully saturated rings. The molecular weight excluding hydrogens is 280 g/mol. The van der Waals surface area contributed by atoms with Gasteiger partial charge in [-0.1, -0.05) is 6.07 Å². The average Bonchev–Trinajstić information content (AvgIpc) is 2.44. The Morgan fingerprint density at radius 1 is 1.29 bits per heavy atom. The summed E-state index contributed by atoms with van der Waals surface area (Å²) < 4.78 is 31.3. The van der Waals surface area contributed by atoms with Gasteiger partial charge < -0.3 is 10.1 Å². The highest BCUT2D eigenvalue weighted by molar-refractivity contribution is 5.91. The van der Waals surface area contributed by atoms with Gasteiger partial charge in [-0.05, 0) is 18.6 Å². The van der Waals surface area contributed by atoms with Gasteiger partial charge in [0.15, 0.2) is 0 Å². The van der Waals surface area contributed by atoms with Crippen molar-refractivity contribution < 1.29 is 18.3 Å². The molecule has 0 aliphatic rings. The molecule has 0 radical (unpaired) electrons. The molecule has 1 aromatic heterocycles. The van der Waals surface area contributed by atoms with Gasteiger partial charge in [-0.3, -0.25) is 4.79 Å². The molecule has 110 valence electrons. The largest absolute Gasteiger partial charge is 0.464 e. The van der Waals surface area contributed by atoms with Gasteiger partial charge in [0.25, 0.3) is 0 Å². The number of nitrogens with zero attached hydrogens (tertiary/aromatic N) is 2. The topological polar surface area (TPSA) is 64.1 Å². The molecule has 2 aromatic rings. The van der Waals surface area contributed by atoms with E-state index in [1.165, 1.54) is 18.5 Å². The van der Waals surface area contributed by atoms with E-state index in [-0.39, 0.29) is 18.0 Å². The molecule has 0 aliphatic carbocycles. The van der Waals surface area contributed by atoms with Crippen LogP contribution in [0.25, 0.3) is 0 Å². The van der Waals surface area contributed by atoms with Crippen molar-refractivity contribution in [3.05, 3.63) is 47.8 Å². The molecule has 21 heavy (non-hydrogen) atoms. The van der Waals surface area contributed by atoms with Gasteiger partial charge in [0, 0.05) is 6.07 Å². The Kier molecular flexibility index (Phi) is 4.76. The zero-order valence-electron chi connectivity index (χ0n) is 11.3. The summed E-state index contributed by atoms with van der Waals surface area (Å²) in [6, 6.07) is 3.29. The molecule has 1 N–H and O–H groups in total. The van der Waals surface area contributed by atoms with Crippen LogP contribution < -0.4 is 10.1 Å². The van der Waals surface area contributed by atoms with E-state index in [2.05, 4.69) is 15.3 Å². The van der Waals surface area contributed by atoms with Crippen molar-refractivity contribution in [2.45, 2.75) is 13.3 Å². The lowest BCUT2D eigenvalue weighted by Crippen LogP contribution is -2.15. The van der Waals surface area contributed by atoms with Crippen molar-refractivity contribution in [3.63, 3.8) is 0 Å². The molecule has 0 saturated heterocycles. The van der Waals surface area contributed by atoms with Crippen LogP contribution >= 0.6 is 0 Å². The Bertz CT molecular complexity index is 633. The van der Waals surface area contributed by atoms with Crippen LogP contribution in [0.4, 0.5) is 14.5 Å². The van der Waals surface area contributed by atoms with Crippen molar-refractivity contribution in [1.82, 2.24) is 9.97 Å². The summed E-state index contributed by atoms with van der Waals surface area (Å²) in [6.45, 7) is 2.24. The quantitative estimate of drug-likeness (QED) is 0.919. The predicted octanol–water partition coefficient (Wildman–Crippen LogP) is 2.33. The lowest BCUT2D eigenvalue weighted by atomic mass is 10.1. The number of carbonyl (C=O) groups excluding carboxylic acids is 1. The van der Waals surface area contributed by atoms with E-state index < -0.39 is 17.5 Å². The maximum atomic E-state index is 13.4. The van der Waals surface area contributed by atoms with Crippen LogP contribution in [0.5, 0.6) is 6.01 Å². The first-order valence-electron chi connectivity index (χ1n) is 6.27. The number of halogens is 2. The maximum absolute atomic E-state index is 13.4. The van der Waals surface area contributed by atoms with Crippen LogP contribution in [0.2, 0.25) is 0 Å². The number of amides is 1. The van der Waals surface area contributed by atoms with Crippen molar-refractivity contribution in [2.75, 3.05) is 11.9 Å². The first-order valence-corrected chi connectivity index (χ1v) is 6.27. The second-order valence-corrected chi connectivity index (χ2v) is 4.15. The van der Waals surface area contributed by atoms with Crippen LogP contribution in [0.1, 0.15) is 12.5 Å². The van der Waals surface area contributed by atoms with Crippen molar-refractivity contribution >= 4 is 11.6 Å². The lowest BCUT2D eigenvalue weighted by Gasteiger charge is -2.06. The molecule has 5 nitrogen and oxygen atoms in total. The summed E-state index contributed by atoms with van der Waals surface area (Å²) in [5.74, 6) is -1.89. The fourth-order valence-electron chi connectivity index (χ4n) is 1.63. The maximum Gasteiger partial charge on any atom is 0.316 e. The Morgan fingerprint density at radius 3 is 2.62 bits per heavy atom. The molecule has 0 spiro atoms. The first kappa shape index (κ1) is 14.8. The summed E-state index contributed by atoms with van der Waals surface area (Å²) >= 11 is 0. The smallest absolute Gasteiger partial charge is 0.316 e. The summed E-state index contributed by atoms with van der Waals surface area (Å²) in [5.41, 5.74) is 0.478. The van der Waals surface area contributed by atoms with E-state index in [0.29, 0.717) is 12.3 Å². The SMILES string of the molecule is CCOc1ncc(NC(=O)Cc2ccc(F)cc2F)cn1. The van der Waals surface area contributed by atoms with Gasteiger partial charge in [-0.2, -0.15) is 0 Å². The zero-order chi connectivity index (χ0) is 15.2. The van der Waals surface area contributed by atoms with Crippen molar-refractivity contribution in [1.29, 1.82) is 0 Å². The summed E-state index contributed by atoms with van der Waals surface area (Å²) in [4.78, 5) is 19.5. The first-order chi connectivity index (χ1) is 10.1. The number of benzene rings is 1. The fourth-order valence-corrected chi connectivity index (χ4v) is 1.63. The van der Waals surface area contributed by atoms with Crippen molar-refractivity contribution in [2.24, 2.45) is 0 Å². The predicted molar refractivity (Wildman–Crippen MR) is 71.9 cm³/mol. The molecule has 1 heterocycles. The van der Waals surface area contributed by atoms with Gasteiger partial charge in [-0.15, -0.1) is 0 Å². The minimum Gasteiger partial charge on any atom is -0.464 e. The molecule has 0 atom stereocenters. The normalized spacial score (nSPS) is 10.2. The van der Waals surface area contributed by atoms with Crippen LogP contribution in [-0.2, 0) is 11.2 Å². The summed E-state index contributed by atoms with van der Waals surface area (Å²) in [7, 11) is 0. The van der Waals surface area contributed by atoms with E-state index in [9.17, 15) is 13.6 Å². The third-order valence-electron chi connectivity index (χ3n) is 2.55. The number of carbonyl (C=O) groups is 1. The highest BCUT2D eigenvalue weighted by Crippen LogP contribution is 2.12. The monoisotopic (exact) mass is 293 g/mol. The van der Waals surface area contributed by atoms with Gasteiger partial charge in [0.2, 0.25) is 5.91 Å². The standard InChI is InChI=1S/C14H13F2N3O2/c1-2-21-14-17-7-11(8-18-14)19-13(20)5-9-3-4-10(15)6-12(9)16/h3-4,6-8H,2,5H2,1H3,(H,19,20). The number of anilines is 1. The Morgan fingerprint density at radius 2 is 2.00 bits per heavy atom. The van der Waals surface area contributed by atoms with E-state index >= 15 is 0 Å². The number of rotatable bonds is 5. The van der Waals surface area contributed by atoms with E-state index in [1.54, 1.807) is 6.92 Å². The molecular formula is C14H13F2N3O2. The van der Waals surface area contributed by atoms with Gasteiger partial charge in [-0.25, -0.2) is 18.7 Å². The molecule has 0 unspecified atom stereocenters. The van der Waals surface area contributed by atoms with Crippen LogP contribution in [0.15, 0.2) is 30.6 Å². The molecule has 0 saturated carbocycles. The Labute approximate surface area is 120 Å². The number of ether oxygens (including phenoxy) is 1. The number of hydrogen-bond donors (Lipinski definition) is 1. The minimum atomic E-state index is -0.756. The minimum absolute atomic E-state index is 0.112. The van der Waals surface area contributed by atoms with E-state index in [0.717, 1.165) is 12.1 Å². The van der Waals surface area contributed by atoms with E-state index in [4.69, 9.17) is 4.74 Å². The Balaban J connectivity index is 1.98. The third kappa shape index (κ3) is 4.20. The van der Waals surface area contributed by atoms with Gasteiger partial charge in [0.05, 0.1) is 31.1 Å². The Hall–Kier alpha value is -2.57. The highest BCUT2D eigenvalue weighted by Gasteiger charge is 2.10. The van der Waals surface area contributed by atoms with Gasteiger partial charge >= 0.3 is 6.01 Å². The van der Waals surface area contributed by atoms with Gasteiger partial charge in [0.1, 0.15) is 11.6 Å². The zero-order valence-corrected chi connectivity index (χ0v) is 11.3. The molecule has 0 bridgehead atoms. The highest BCUT2D eigenvalue weighted by atomic mass is 19.1. The number of aromatic nitrogens is 2. The molecule has 2 rings (SSSR count). The fraction of sp³-hybridized carbons (Fsp3) is 0.214. The van der Waals surface area contributed by atoms with E-state index in [1.807, 2.05) is 0 Å². The molecule has 1 aromatic carbocycles. The third-order valence-corrected chi connectivity index (χ3v) is 2.55. The molecule has 0 aliphatic heterocycles. The number of hydrogen-bond acceptors (Lipinski definition) is 4. The van der Waals surface area contributed by atoms with Crippen LogP contribution in [-0.4, -0.2) is 22.5 Å².